The Kier molecular flexibility index (Phi) is 10.8. The van der Waals surface area contributed by atoms with E-state index < -0.39 is 16.1 Å². The van der Waals surface area contributed by atoms with E-state index in [1.807, 2.05) is 58.0 Å². The molecule has 2 rings (SSSR count). The average Bonchev–Trinajstić information content (AvgIpc) is 2.82. The van der Waals surface area contributed by atoms with Crippen molar-refractivity contribution in [2.45, 2.75) is 72.0 Å². The van der Waals surface area contributed by atoms with Crippen LogP contribution in [0.4, 0.5) is 5.69 Å². The van der Waals surface area contributed by atoms with Gasteiger partial charge in [0, 0.05) is 25.6 Å². The van der Waals surface area contributed by atoms with Gasteiger partial charge in [0.25, 0.3) is 0 Å². The van der Waals surface area contributed by atoms with Gasteiger partial charge in [-0.25, -0.2) is 8.42 Å². The van der Waals surface area contributed by atoms with Crippen LogP contribution in [-0.4, -0.2) is 50.0 Å². The van der Waals surface area contributed by atoms with E-state index in [1.54, 1.807) is 29.2 Å². The second-order valence-corrected chi connectivity index (χ2v) is 10.9. The topological polar surface area (TPSA) is 86.8 Å². The maximum Gasteiger partial charge on any atom is 0.243 e. The van der Waals surface area contributed by atoms with Crippen LogP contribution < -0.4 is 9.62 Å². The maximum absolute atomic E-state index is 13.5. The third-order valence-electron chi connectivity index (χ3n) is 6.19. The van der Waals surface area contributed by atoms with E-state index in [4.69, 9.17) is 0 Å². The minimum atomic E-state index is -3.50. The first-order valence-corrected chi connectivity index (χ1v) is 14.1. The molecule has 0 aliphatic heterocycles. The fourth-order valence-corrected chi connectivity index (χ4v) is 4.90. The lowest BCUT2D eigenvalue weighted by atomic mass is 10.0. The standard InChI is InChI=1S/C27H39N3O4S/c1-6-22(4)28-27(32)25(7-2)29(20-23-15-12-11-14-21(23)3)26(31)18-13-19-30(35(5,33)34)24-16-9-8-10-17-24/h8-12,14-17,22,25H,6-7,13,18-20H2,1-5H3,(H,28,32). The van der Waals surface area contributed by atoms with Crippen molar-refractivity contribution < 1.29 is 18.0 Å². The Labute approximate surface area is 210 Å². The van der Waals surface area contributed by atoms with E-state index in [1.165, 1.54) is 10.6 Å². The highest BCUT2D eigenvalue weighted by Gasteiger charge is 2.29. The van der Waals surface area contributed by atoms with Gasteiger partial charge < -0.3 is 10.2 Å². The highest BCUT2D eigenvalue weighted by molar-refractivity contribution is 7.92. The number of nitrogens with one attached hydrogen (secondary N) is 1. The third-order valence-corrected chi connectivity index (χ3v) is 7.38. The number of aryl methyl sites for hydroxylation is 1. The summed E-state index contributed by atoms with van der Waals surface area (Å²) < 4.78 is 26.1. The number of carbonyl (C=O) groups excluding carboxylic acids is 2. The molecule has 0 spiro atoms. The summed E-state index contributed by atoms with van der Waals surface area (Å²) in [4.78, 5) is 28.2. The predicted octanol–water partition coefficient (Wildman–Crippen LogP) is 4.26. The Bertz CT molecular complexity index is 1070. The predicted molar refractivity (Wildman–Crippen MR) is 142 cm³/mol. The van der Waals surface area contributed by atoms with Crippen LogP contribution in [0.2, 0.25) is 0 Å². The van der Waals surface area contributed by atoms with Gasteiger partial charge in [0.2, 0.25) is 21.8 Å². The molecule has 0 aromatic heterocycles. The van der Waals surface area contributed by atoms with E-state index in [2.05, 4.69) is 5.32 Å². The molecule has 0 radical (unpaired) electrons. The highest BCUT2D eigenvalue weighted by Crippen LogP contribution is 2.20. The lowest BCUT2D eigenvalue weighted by Gasteiger charge is -2.32. The normalized spacial score (nSPS) is 13.1. The number of amides is 2. The van der Waals surface area contributed by atoms with Crippen molar-refractivity contribution in [1.82, 2.24) is 10.2 Å². The number of anilines is 1. The zero-order chi connectivity index (χ0) is 26.0. The molecular weight excluding hydrogens is 462 g/mol. The molecular formula is C27H39N3O4S. The number of hydrogen-bond donors (Lipinski definition) is 1. The van der Waals surface area contributed by atoms with Gasteiger partial charge in [-0.15, -0.1) is 0 Å². The van der Waals surface area contributed by atoms with Crippen molar-refractivity contribution in [1.29, 1.82) is 0 Å². The van der Waals surface area contributed by atoms with Crippen LogP contribution in [-0.2, 0) is 26.2 Å². The average molecular weight is 502 g/mol. The zero-order valence-electron chi connectivity index (χ0n) is 21.5. The summed E-state index contributed by atoms with van der Waals surface area (Å²) in [6.45, 7) is 8.35. The molecule has 0 saturated carbocycles. The van der Waals surface area contributed by atoms with Gasteiger partial charge in [-0.1, -0.05) is 56.3 Å². The monoisotopic (exact) mass is 501 g/mol. The number of para-hydroxylation sites is 1. The largest absolute Gasteiger partial charge is 0.352 e. The molecule has 0 bridgehead atoms. The van der Waals surface area contributed by atoms with Gasteiger partial charge in [-0.2, -0.15) is 0 Å². The van der Waals surface area contributed by atoms with Crippen molar-refractivity contribution in [3.63, 3.8) is 0 Å². The number of hydrogen-bond acceptors (Lipinski definition) is 4. The first kappa shape index (κ1) is 28.4. The molecule has 8 heteroatoms. The number of carbonyl (C=O) groups is 2. The van der Waals surface area contributed by atoms with E-state index in [9.17, 15) is 18.0 Å². The van der Waals surface area contributed by atoms with Crippen LogP contribution in [0.1, 0.15) is 57.6 Å². The minimum Gasteiger partial charge on any atom is -0.352 e. The molecule has 1 N–H and O–H groups in total. The number of sulfonamides is 1. The first-order chi connectivity index (χ1) is 16.6. The van der Waals surface area contributed by atoms with Crippen molar-refractivity contribution in [3.05, 3.63) is 65.7 Å². The van der Waals surface area contributed by atoms with Crippen molar-refractivity contribution >= 4 is 27.5 Å². The Morgan fingerprint density at radius 2 is 1.60 bits per heavy atom. The van der Waals surface area contributed by atoms with Gasteiger partial charge in [0.15, 0.2) is 0 Å². The number of benzene rings is 2. The second-order valence-electron chi connectivity index (χ2n) is 8.96. The van der Waals surface area contributed by atoms with E-state index in [0.29, 0.717) is 25.1 Å². The van der Waals surface area contributed by atoms with Crippen LogP contribution in [0, 0.1) is 6.92 Å². The molecule has 0 heterocycles. The molecule has 0 aliphatic carbocycles. The summed E-state index contributed by atoms with van der Waals surface area (Å²) >= 11 is 0. The fraction of sp³-hybridized carbons (Fsp3) is 0.481. The fourth-order valence-electron chi connectivity index (χ4n) is 3.93. The lowest BCUT2D eigenvalue weighted by Crippen LogP contribution is -2.50. The van der Waals surface area contributed by atoms with E-state index in [0.717, 1.165) is 17.5 Å². The molecule has 2 amide bonds. The van der Waals surface area contributed by atoms with Crippen molar-refractivity contribution in [3.8, 4) is 0 Å². The Balaban J connectivity index is 2.22. The van der Waals surface area contributed by atoms with Crippen molar-refractivity contribution in [2.75, 3.05) is 17.1 Å². The molecule has 0 saturated heterocycles. The van der Waals surface area contributed by atoms with Crippen LogP contribution in [0.5, 0.6) is 0 Å². The molecule has 0 fully saturated rings. The molecule has 35 heavy (non-hydrogen) atoms. The molecule has 2 unspecified atom stereocenters. The molecule has 2 atom stereocenters. The Morgan fingerprint density at radius 3 is 2.17 bits per heavy atom. The minimum absolute atomic E-state index is 0.0150. The second kappa shape index (κ2) is 13.3. The SMILES string of the molecule is CCC(C)NC(=O)C(CC)N(Cc1ccccc1C)C(=O)CCCN(c1ccccc1)S(C)(=O)=O. The molecule has 7 nitrogen and oxygen atoms in total. The molecule has 2 aromatic rings. The molecule has 2 aromatic carbocycles. The lowest BCUT2D eigenvalue weighted by molar-refractivity contribution is -0.141. The van der Waals surface area contributed by atoms with Gasteiger partial charge in [0.1, 0.15) is 6.04 Å². The summed E-state index contributed by atoms with van der Waals surface area (Å²) in [5, 5.41) is 3.01. The van der Waals surface area contributed by atoms with E-state index in [-0.39, 0.29) is 30.8 Å². The molecule has 192 valence electrons. The van der Waals surface area contributed by atoms with Crippen LogP contribution >= 0.6 is 0 Å². The Hall–Kier alpha value is -2.87. The smallest absolute Gasteiger partial charge is 0.243 e. The quantitative estimate of drug-likeness (QED) is 0.444. The van der Waals surface area contributed by atoms with Gasteiger partial charge in [-0.3, -0.25) is 13.9 Å². The molecule has 0 aliphatic rings. The van der Waals surface area contributed by atoms with Crippen LogP contribution in [0.3, 0.4) is 0 Å². The maximum atomic E-state index is 13.5. The van der Waals surface area contributed by atoms with Crippen LogP contribution in [0.15, 0.2) is 54.6 Å². The summed E-state index contributed by atoms with van der Waals surface area (Å²) in [5.41, 5.74) is 2.60. The number of nitrogens with zero attached hydrogens (tertiary/aromatic N) is 2. The van der Waals surface area contributed by atoms with Crippen molar-refractivity contribution in [2.24, 2.45) is 0 Å². The van der Waals surface area contributed by atoms with Gasteiger partial charge >= 0.3 is 0 Å². The third kappa shape index (κ3) is 8.38. The Morgan fingerprint density at radius 1 is 0.971 bits per heavy atom. The number of rotatable bonds is 13. The first-order valence-electron chi connectivity index (χ1n) is 12.3. The summed E-state index contributed by atoms with van der Waals surface area (Å²) in [5.74, 6) is -0.327. The summed E-state index contributed by atoms with van der Waals surface area (Å²) in [6.07, 6.45) is 2.93. The van der Waals surface area contributed by atoms with Gasteiger partial charge in [0.05, 0.1) is 11.9 Å². The summed E-state index contributed by atoms with van der Waals surface area (Å²) in [7, 11) is -3.50. The van der Waals surface area contributed by atoms with Gasteiger partial charge in [-0.05, 0) is 56.4 Å². The van der Waals surface area contributed by atoms with E-state index >= 15 is 0 Å². The highest BCUT2D eigenvalue weighted by atomic mass is 32.2. The zero-order valence-corrected chi connectivity index (χ0v) is 22.3. The van der Waals surface area contributed by atoms with Crippen LogP contribution in [0.25, 0.3) is 0 Å². The summed E-state index contributed by atoms with van der Waals surface area (Å²) in [6, 6.07) is 16.1.